The Morgan fingerprint density at radius 2 is 1.91 bits per heavy atom. The number of esters is 1. The third-order valence-corrected chi connectivity index (χ3v) is 5.08. The van der Waals surface area contributed by atoms with Crippen molar-refractivity contribution in [2.75, 3.05) is 5.32 Å². The number of amides is 1. The van der Waals surface area contributed by atoms with Crippen molar-refractivity contribution in [2.24, 2.45) is 0 Å². The summed E-state index contributed by atoms with van der Waals surface area (Å²) in [6.07, 6.45) is -1.17. The molecule has 9 nitrogen and oxygen atoms in total. The summed E-state index contributed by atoms with van der Waals surface area (Å²) in [6.45, 7) is 2.71. The Kier molecular flexibility index (Phi) is 6.76. The zero-order chi connectivity index (χ0) is 23.4. The molecular formula is C22H19ClN4O5. The molecule has 0 radical (unpaired) electrons. The molecular weight excluding hydrogens is 436 g/mol. The smallest absolute Gasteiger partial charge is 0.332 e. The quantitative estimate of drug-likeness (QED) is 0.570. The first-order valence-corrected chi connectivity index (χ1v) is 10.1. The van der Waals surface area contributed by atoms with Gasteiger partial charge in [-0.25, -0.2) is 4.79 Å². The summed E-state index contributed by atoms with van der Waals surface area (Å²) >= 11 is 5.95. The molecule has 10 heteroatoms. The van der Waals surface area contributed by atoms with E-state index in [9.17, 15) is 19.2 Å². The van der Waals surface area contributed by atoms with Gasteiger partial charge in [0, 0.05) is 12.2 Å². The van der Waals surface area contributed by atoms with Crippen molar-refractivity contribution >= 4 is 40.1 Å². The third kappa shape index (κ3) is 4.55. The largest absolute Gasteiger partial charge is 0.451 e. The number of hydrogen-bond acceptors (Lipinski definition) is 6. The number of carbonyl (C=O) groups is 2. The summed E-state index contributed by atoms with van der Waals surface area (Å²) < 4.78 is 7.36. The lowest BCUT2D eigenvalue weighted by Gasteiger charge is -2.16. The van der Waals surface area contributed by atoms with Crippen LogP contribution in [0.15, 0.2) is 52.1 Å². The molecule has 1 atom stereocenters. The normalized spacial score (nSPS) is 11.6. The number of halogens is 1. The average Bonchev–Trinajstić information content (AvgIpc) is 2.77. The van der Waals surface area contributed by atoms with E-state index >= 15 is 0 Å². The van der Waals surface area contributed by atoms with Crippen LogP contribution in [-0.2, 0) is 27.4 Å². The van der Waals surface area contributed by atoms with Gasteiger partial charge in [-0.2, -0.15) is 5.26 Å². The van der Waals surface area contributed by atoms with Gasteiger partial charge >= 0.3 is 11.7 Å². The van der Waals surface area contributed by atoms with E-state index in [0.717, 1.165) is 9.13 Å². The van der Waals surface area contributed by atoms with Crippen LogP contribution in [0.5, 0.6) is 0 Å². The number of ether oxygens (including phenoxy) is 1. The van der Waals surface area contributed by atoms with Crippen molar-refractivity contribution in [3.05, 3.63) is 73.9 Å². The second-order valence-corrected chi connectivity index (χ2v) is 7.27. The first kappa shape index (κ1) is 22.8. The molecule has 0 spiro atoms. The molecule has 1 heterocycles. The molecule has 32 heavy (non-hydrogen) atoms. The van der Waals surface area contributed by atoms with Crippen molar-refractivity contribution in [3.8, 4) is 6.07 Å². The first-order chi connectivity index (χ1) is 15.3. The van der Waals surface area contributed by atoms with E-state index in [4.69, 9.17) is 21.6 Å². The SMILES string of the molecule is CCn1c(=O)c2ccccc2n(CC(=O)OC(C)C(=O)Nc2ccc(C#N)c(Cl)c2)c1=O. The predicted molar refractivity (Wildman–Crippen MR) is 118 cm³/mol. The Hall–Kier alpha value is -3.90. The first-order valence-electron chi connectivity index (χ1n) is 9.69. The lowest BCUT2D eigenvalue weighted by Crippen LogP contribution is -2.41. The van der Waals surface area contributed by atoms with Crippen LogP contribution in [0.3, 0.4) is 0 Å². The van der Waals surface area contributed by atoms with Gasteiger partial charge in [0.25, 0.3) is 11.5 Å². The maximum atomic E-state index is 12.7. The van der Waals surface area contributed by atoms with Gasteiger partial charge in [0.2, 0.25) is 0 Å². The van der Waals surface area contributed by atoms with Crippen LogP contribution in [0, 0.1) is 11.3 Å². The fourth-order valence-corrected chi connectivity index (χ4v) is 3.37. The molecule has 2 aromatic carbocycles. The van der Waals surface area contributed by atoms with Crippen molar-refractivity contribution in [2.45, 2.75) is 33.0 Å². The molecule has 0 bridgehead atoms. The summed E-state index contributed by atoms with van der Waals surface area (Å²) in [5, 5.41) is 11.9. The minimum atomic E-state index is -1.17. The van der Waals surface area contributed by atoms with Crippen LogP contribution >= 0.6 is 11.6 Å². The van der Waals surface area contributed by atoms with Crippen LogP contribution in [0.25, 0.3) is 10.9 Å². The summed E-state index contributed by atoms with van der Waals surface area (Å²) in [6, 6.07) is 12.7. The van der Waals surface area contributed by atoms with E-state index in [-0.39, 0.29) is 17.1 Å². The number of hydrogen-bond donors (Lipinski definition) is 1. The predicted octanol–water partition coefficient (Wildman–Crippen LogP) is 2.28. The molecule has 0 saturated heterocycles. The highest BCUT2D eigenvalue weighted by molar-refractivity contribution is 6.32. The zero-order valence-corrected chi connectivity index (χ0v) is 18.0. The number of fused-ring (bicyclic) bond motifs is 1. The fraction of sp³-hybridized carbons (Fsp3) is 0.227. The molecule has 0 saturated carbocycles. The van der Waals surface area contributed by atoms with Gasteiger partial charge in [0.1, 0.15) is 12.6 Å². The molecule has 1 aromatic heterocycles. The number of aromatic nitrogens is 2. The van der Waals surface area contributed by atoms with E-state index in [1.807, 2.05) is 6.07 Å². The summed E-state index contributed by atoms with van der Waals surface area (Å²) in [5.74, 6) is -1.44. The number of para-hydroxylation sites is 1. The standard InChI is InChI=1S/C22H19ClN4O5/c1-3-26-21(30)16-6-4-5-7-18(16)27(22(26)31)12-19(28)32-13(2)20(29)25-15-9-8-14(11-24)17(23)10-15/h4-10,13H,3,12H2,1-2H3,(H,25,29). The zero-order valence-electron chi connectivity index (χ0n) is 17.3. The molecule has 164 valence electrons. The van der Waals surface area contributed by atoms with Gasteiger partial charge in [-0.1, -0.05) is 23.7 Å². The second kappa shape index (κ2) is 9.49. The van der Waals surface area contributed by atoms with Gasteiger partial charge < -0.3 is 10.1 Å². The van der Waals surface area contributed by atoms with Gasteiger partial charge in [-0.05, 0) is 44.2 Å². The van der Waals surface area contributed by atoms with Gasteiger partial charge in [0.15, 0.2) is 6.10 Å². The fourth-order valence-electron chi connectivity index (χ4n) is 3.15. The van der Waals surface area contributed by atoms with Crippen LogP contribution in [-0.4, -0.2) is 27.1 Å². The molecule has 1 unspecified atom stereocenters. The summed E-state index contributed by atoms with van der Waals surface area (Å²) in [5.41, 5.74) is -0.188. The van der Waals surface area contributed by atoms with Crippen molar-refractivity contribution in [3.63, 3.8) is 0 Å². The Bertz CT molecular complexity index is 1370. The summed E-state index contributed by atoms with van der Waals surface area (Å²) in [7, 11) is 0. The number of rotatable bonds is 6. The highest BCUT2D eigenvalue weighted by Gasteiger charge is 2.21. The average molecular weight is 455 g/mol. The van der Waals surface area contributed by atoms with Crippen LogP contribution in [0.2, 0.25) is 5.02 Å². The monoisotopic (exact) mass is 454 g/mol. The molecule has 0 aliphatic rings. The molecule has 3 aromatic rings. The number of nitriles is 1. The van der Waals surface area contributed by atoms with E-state index in [2.05, 4.69) is 5.32 Å². The van der Waals surface area contributed by atoms with Crippen molar-refractivity contribution < 1.29 is 14.3 Å². The van der Waals surface area contributed by atoms with Crippen LogP contribution in [0.1, 0.15) is 19.4 Å². The third-order valence-electron chi connectivity index (χ3n) is 4.77. The minimum absolute atomic E-state index is 0.142. The molecule has 0 aliphatic heterocycles. The molecule has 0 fully saturated rings. The summed E-state index contributed by atoms with van der Waals surface area (Å²) in [4.78, 5) is 50.1. The van der Waals surface area contributed by atoms with Crippen LogP contribution in [0.4, 0.5) is 5.69 Å². The Morgan fingerprint density at radius 3 is 2.56 bits per heavy atom. The maximum absolute atomic E-state index is 12.7. The Morgan fingerprint density at radius 1 is 1.19 bits per heavy atom. The van der Waals surface area contributed by atoms with Crippen molar-refractivity contribution in [1.82, 2.24) is 9.13 Å². The lowest BCUT2D eigenvalue weighted by atomic mass is 10.2. The van der Waals surface area contributed by atoms with Gasteiger partial charge in [-0.15, -0.1) is 0 Å². The Balaban J connectivity index is 1.77. The van der Waals surface area contributed by atoms with Gasteiger partial charge in [0.05, 0.1) is 21.5 Å². The lowest BCUT2D eigenvalue weighted by molar-refractivity contribution is -0.153. The number of nitrogens with one attached hydrogen (secondary N) is 1. The van der Waals surface area contributed by atoms with Crippen molar-refractivity contribution in [1.29, 1.82) is 5.26 Å². The minimum Gasteiger partial charge on any atom is -0.451 e. The number of benzene rings is 2. The molecule has 0 aliphatic carbocycles. The number of anilines is 1. The highest BCUT2D eigenvalue weighted by atomic mass is 35.5. The van der Waals surface area contributed by atoms with Gasteiger partial charge in [-0.3, -0.25) is 23.5 Å². The van der Waals surface area contributed by atoms with E-state index in [0.29, 0.717) is 16.6 Å². The second-order valence-electron chi connectivity index (χ2n) is 6.86. The topological polar surface area (TPSA) is 123 Å². The highest BCUT2D eigenvalue weighted by Crippen LogP contribution is 2.20. The number of carbonyl (C=O) groups excluding carboxylic acids is 2. The maximum Gasteiger partial charge on any atom is 0.332 e. The number of nitrogens with zero attached hydrogens (tertiary/aromatic N) is 3. The molecule has 3 rings (SSSR count). The molecule has 1 N–H and O–H groups in total. The van der Waals surface area contributed by atoms with E-state index in [1.165, 1.54) is 25.1 Å². The molecule has 1 amide bonds. The van der Waals surface area contributed by atoms with E-state index in [1.54, 1.807) is 31.2 Å². The van der Waals surface area contributed by atoms with Crippen LogP contribution < -0.4 is 16.6 Å². The Labute approximate surface area is 187 Å². The van der Waals surface area contributed by atoms with E-state index < -0.39 is 35.8 Å².